The monoisotopic (exact) mass is 386 g/mol. The van der Waals surface area contributed by atoms with Crippen molar-refractivity contribution in [2.24, 2.45) is 11.3 Å². The molecule has 2 fully saturated rings. The minimum Gasteiger partial charge on any atom is -0.368 e. The standard InChI is InChI=1S/C23H38N4O/c1-6-23(4,5)18-7-8-19(15-18)26-11-13-27(14-12-26)20-9-10-21(24-16-20)22(28)25-17(2)3/h9-10,16-19H,6-8,11-15H2,1-5H3,(H,25,28)/t18-,19+/m1/s1. The lowest BCUT2D eigenvalue weighted by molar-refractivity contribution is 0.0938. The molecule has 0 spiro atoms. The minimum atomic E-state index is -0.0999. The van der Waals surface area contributed by atoms with Crippen LogP contribution >= 0.6 is 0 Å². The van der Waals surface area contributed by atoms with Gasteiger partial charge in [-0.1, -0.05) is 27.2 Å². The molecular weight excluding hydrogens is 348 g/mol. The lowest BCUT2D eigenvalue weighted by Crippen LogP contribution is -2.50. The largest absolute Gasteiger partial charge is 0.368 e. The van der Waals surface area contributed by atoms with Gasteiger partial charge in [0.25, 0.3) is 5.91 Å². The van der Waals surface area contributed by atoms with E-state index < -0.39 is 0 Å². The number of carbonyl (C=O) groups is 1. The molecule has 1 N–H and O–H groups in total. The van der Waals surface area contributed by atoms with Gasteiger partial charge in [0, 0.05) is 38.3 Å². The SMILES string of the molecule is CCC(C)(C)[C@@H]1CC[C@H](N2CCN(c3ccc(C(=O)NC(C)C)nc3)CC2)C1. The van der Waals surface area contributed by atoms with E-state index in [1.54, 1.807) is 0 Å². The van der Waals surface area contributed by atoms with E-state index in [0.717, 1.165) is 43.8 Å². The molecule has 1 amide bonds. The molecule has 1 aliphatic carbocycles. The second kappa shape index (κ2) is 8.81. The van der Waals surface area contributed by atoms with Crippen LogP contribution in [0.5, 0.6) is 0 Å². The van der Waals surface area contributed by atoms with Crippen LogP contribution in [0.4, 0.5) is 5.69 Å². The topological polar surface area (TPSA) is 48.5 Å². The van der Waals surface area contributed by atoms with Gasteiger partial charge in [0.1, 0.15) is 5.69 Å². The molecule has 2 aliphatic rings. The van der Waals surface area contributed by atoms with Crippen molar-refractivity contribution in [1.82, 2.24) is 15.2 Å². The highest BCUT2D eigenvalue weighted by atomic mass is 16.1. The molecule has 28 heavy (non-hydrogen) atoms. The van der Waals surface area contributed by atoms with Crippen molar-refractivity contribution in [2.75, 3.05) is 31.1 Å². The van der Waals surface area contributed by atoms with Crippen molar-refractivity contribution >= 4 is 11.6 Å². The van der Waals surface area contributed by atoms with Crippen LogP contribution < -0.4 is 10.2 Å². The molecule has 1 aromatic heterocycles. The van der Waals surface area contributed by atoms with Gasteiger partial charge in [0.05, 0.1) is 11.9 Å². The number of nitrogens with one attached hydrogen (secondary N) is 1. The van der Waals surface area contributed by atoms with Gasteiger partial charge >= 0.3 is 0 Å². The van der Waals surface area contributed by atoms with E-state index in [1.165, 1.54) is 25.7 Å². The fourth-order valence-corrected chi connectivity index (χ4v) is 4.68. The Labute approximate surface area is 170 Å². The highest BCUT2D eigenvalue weighted by Crippen LogP contribution is 2.43. The summed E-state index contributed by atoms with van der Waals surface area (Å²) in [6.07, 6.45) is 7.23. The fourth-order valence-electron chi connectivity index (χ4n) is 4.68. The average Bonchev–Trinajstić information content (AvgIpc) is 3.19. The number of amides is 1. The zero-order chi connectivity index (χ0) is 20.3. The van der Waals surface area contributed by atoms with E-state index in [9.17, 15) is 4.79 Å². The summed E-state index contributed by atoms with van der Waals surface area (Å²) in [6.45, 7) is 15.5. The Bertz CT molecular complexity index is 647. The number of aromatic nitrogens is 1. The number of pyridine rings is 1. The summed E-state index contributed by atoms with van der Waals surface area (Å²) in [5, 5.41) is 2.89. The Kier molecular flexibility index (Phi) is 6.64. The van der Waals surface area contributed by atoms with E-state index in [2.05, 4.69) is 40.9 Å². The predicted molar refractivity (Wildman–Crippen MR) is 116 cm³/mol. The van der Waals surface area contributed by atoms with Crippen molar-refractivity contribution in [1.29, 1.82) is 0 Å². The Morgan fingerprint density at radius 1 is 1.21 bits per heavy atom. The molecule has 0 unspecified atom stereocenters. The predicted octanol–water partition coefficient (Wildman–Crippen LogP) is 3.95. The quantitative estimate of drug-likeness (QED) is 0.804. The third kappa shape index (κ3) is 4.86. The molecular formula is C23H38N4O. The lowest BCUT2D eigenvalue weighted by Gasteiger charge is -2.39. The van der Waals surface area contributed by atoms with Crippen molar-refractivity contribution < 1.29 is 4.79 Å². The van der Waals surface area contributed by atoms with Crippen molar-refractivity contribution in [2.45, 2.75) is 72.4 Å². The van der Waals surface area contributed by atoms with Crippen LogP contribution in [0, 0.1) is 11.3 Å². The van der Waals surface area contributed by atoms with E-state index >= 15 is 0 Å². The summed E-state index contributed by atoms with van der Waals surface area (Å²) in [7, 11) is 0. The zero-order valence-corrected chi connectivity index (χ0v) is 18.4. The first kappa shape index (κ1) is 21.1. The van der Waals surface area contributed by atoms with Crippen LogP contribution in [-0.2, 0) is 0 Å². The Morgan fingerprint density at radius 2 is 1.93 bits per heavy atom. The summed E-state index contributed by atoms with van der Waals surface area (Å²) in [5.74, 6) is 0.770. The molecule has 156 valence electrons. The van der Waals surface area contributed by atoms with Gasteiger partial charge in [-0.05, 0) is 56.6 Å². The van der Waals surface area contributed by atoms with Crippen molar-refractivity contribution in [3.63, 3.8) is 0 Å². The molecule has 5 nitrogen and oxygen atoms in total. The Balaban J connectivity index is 1.51. The van der Waals surface area contributed by atoms with E-state index in [4.69, 9.17) is 0 Å². The van der Waals surface area contributed by atoms with E-state index in [-0.39, 0.29) is 11.9 Å². The smallest absolute Gasteiger partial charge is 0.270 e. The number of anilines is 1. The first-order chi connectivity index (χ1) is 13.3. The van der Waals surface area contributed by atoms with Gasteiger partial charge in [-0.3, -0.25) is 9.69 Å². The van der Waals surface area contributed by atoms with Gasteiger partial charge in [0.2, 0.25) is 0 Å². The molecule has 1 saturated carbocycles. The number of rotatable bonds is 6. The average molecular weight is 387 g/mol. The molecule has 2 atom stereocenters. The number of nitrogens with zero attached hydrogens (tertiary/aromatic N) is 3. The number of piperazine rings is 1. The molecule has 0 radical (unpaired) electrons. The molecule has 0 bridgehead atoms. The number of carbonyl (C=O) groups excluding carboxylic acids is 1. The second-order valence-electron chi connectivity index (χ2n) is 9.56. The second-order valence-corrected chi connectivity index (χ2v) is 9.56. The van der Waals surface area contributed by atoms with Gasteiger partial charge in [0.15, 0.2) is 0 Å². The molecule has 5 heteroatoms. The third-order valence-corrected chi connectivity index (χ3v) is 7.02. The first-order valence-electron chi connectivity index (χ1n) is 11.1. The van der Waals surface area contributed by atoms with Gasteiger partial charge in [-0.15, -0.1) is 0 Å². The number of hydrogen-bond donors (Lipinski definition) is 1. The van der Waals surface area contributed by atoms with E-state index in [0.29, 0.717) is 11.1 Å². The maximum atomic E-state index is 12.1. The molecule has 1 saturated heterocycles. The van der Waals surface area contributed by atoms with E-state index in [1.807, 2.05) is 32.2 Å². The van der Waals surface area contributed by atoms with Crippen LogP contribution in [0.3, 0.4) is 0 Å². The maximum Gasteiger partial charge on any atom is 0.270 e. The summed E-state index contributed by atoms with van der Waals surface area (Å²) in [5.41, 5.74) is 2.09. The van der Waals surface area contributed by atoms with Crippen molar-refractivity contribution in [3.8, 4) is 0 Å². The van der Waals surface area contributed by atoms with Gasteiger partial charge < -0.3 is 10.2 Å². The van der Waals surface area contributed by atoms with Crippen molar-refractivity contribution in [3.05, 3.63) is 24.0 Å². The van der Waals surface area contributed by atoms with Gasteiger partial charge in [-0.2, -0.15) is 0 Å². The normalized spacial score (nSPS) is 24.0. The van der Waals surface area contributed by atoms with Crippen LogP contribution in [-0.4, -0.2) is 54.1 Å². The molecule has 0 aromatic carbocycles. The summed E-state index contributed by atoms with van der Waals surface area (Å²) in [4.78, 5) is 21.5. The minimum absolute atomic E-state index is 0.0999. The van der Waals surface area contributed by atoms with Crippen LogP contribution in [0.25, 0.3) is 0 Å². The maximum absolute atomic E-state index is 12.1. The highest BCUT2D eigenvalue weighted by molar-refractivity contribution is 5.92. The summed E-state index contributed by atoms with van der Waals surface area (Å²) in [6, 6.07) is 4.76. The molecule has 3 rings (SSSR count). The lowest BCUT2D eigenvalue weighted by atomic mass is 9.76. The number of hydrogen-bond acceptors (Lipinski definition) is 4. The van der Waals surface area contributed by atoms with Crippen LogP contribution in [0.2, 0.25) is 0 Å². The Hall–Kier alpha value is -1.62. The summed E-state index contributed by atoms with van der Waals surface area (Å²) >= 11 is 0. The van der Waals surface area contributed by atoms with Crippen LogP contribution in [0.15, 0.2) is 18.3 Å². The molecule has 1 aliphatic heterocycles. The zero-order valence-electron chi connectivity index (χ0n) is 18.4. The van der Waals surface area contributed by atoms with Gasteiger partial charge in [-0.25, -0.2) is 4.98 Å². The van der Waals surface area contributed by atoms with Crippen LogP contribution in [0.1, 0.15) is 70.8 Å². The first-order valence-corrected chi connectivity index (χ1v) is 11.1. The fraction of sp³-hybridized carbons (Fsp3) is 0.739. The highest BCUT2D eigenvalue weighted by Gasteiger charge is 2.37. The molecule has 1 aromatic rings. The summed E-state index contributed by atoms with van der Waals surface area (Å²) < 4.78 is 0. The Morgan fingerprint density at radius 3 is 2.50 bits per heavy atom. The molecule has 2 heterocycles. The third-order valence-electron chi connectivity index (χ3n) is 7.02.